The van der Waals surface area contributed by atoms with Gasteiger partial charge in [0.05, 0.1) is 12.7 Å². The van der Waals surface area contributed by atoms with Crippen molar-refractivity contribution >= 4 is 34.2 Å². The number of ether oxygens (including phenoxy) is 1. The minimum absolute atomic E-state index is 0.324. The van der Waals surface area contributed by atoms with Crippen molar-refractivity contribution in [3.8, 4) is 0 Å². The zero-order chi connectivity index (χ0) is 11.7. The van der Waals surface area contributed by atoms with Gasteiger partial charge in [0.25, 0.3) is 0 Å². The number of benzene rings is 1. The summed E-state index contributed by atoms with van der Waals surface area (Å²) in [6, 6.07) is 0. The first-order chi connectivity index (χ1) is 6.91. The largest absolute Gasteiger partial charge is 0.465 e. The molecule has 0 spiro atoms. The maximum absolute atomic E-state index is 11.6. The van der Waals surface area contributed by atoms with Crippen molar-refractivity contribution in [3.63, 3.8) is 0 Å². The fourth-order valence-electron chi connectivity index (χ4n) is 1.61. The van der Waals surface area contributed by atoms with E-state index in [-0.39, 0.29) is 5.97 Å². The molecule has 1 rings (SSSR count). The molecular weight excluding hydrogens is 305 g/mol. The first kappa shape index (κ1) is 12.3. The lowest BCUT2D eigenvalue weighted by Crippen LogP contribution is -2.11. The highest BCUT2D eigenvalue weighted by Gasteiger charge is 2.19. The van der Waals surface area contributed by atoms with Gasteiger partial charge in [0.15, 0.2) is 0 Å². The van der Waals surface area contributed by atoms with Gasteiger partial charge in [0, 0.05) is 9.26 Å². The van der Waals surface area contributed by atoms with Crippen LogP contribution in [0.5, 0.6) is 0 Å². The van der Waals surface area contributed by atoms with Gasteiger partial charge in [-0.15, -0.1) is 0 Å². The number of hydrogen-bond donors (Lipinski definition) is 1. The van der Waals surface area contributed by atoms with Gasteiger partial charge in [-0.3, -0.25) is 0 Å². The zero-order valence-corrected chi connectivity index (χ0v) is 11.4. The summed E-state index contributed by atoms with van der Waals surface area (Å²) in [5.41, 5.74) is 9.96. The van der Waals surface area contributed by atoms with Crippen LogP contribution in [0, 0.1) is 24.3 Å². The van der Waals surface area contributed by atoms with Gasteiger partial charge in [0.2, 0.25) is 0 Å². The summed E-state index contributed by atoms with van der Waals surface area (Å²) in [7, 11) is 1.38. The predicted octanol–water partition coefficient (Wildman–Crippen LogP) is 2.59. The van der Waals surface area contributed by atoms with Gasteiger partial charge < -0.3 is 10.5 Å². The number of anilines is 1. The zero-order valence-electron chi connectivity index (χ0n) is 9.27. The Morgan fingerprint density at radius 3 is 2.20 bits per heavy atom. The van der Waals surface area contributed by atoms with Crippen LogP contribution >= 0.6 is 22.6 Å². The molecule has 0 aliphatic heterocycles. The Balaban J connectivity index is 3.60. The molecule has 0 fully saturated rings. The van der Waals surface area contributed by atoms with Crippen molar-refractivity contribution < 1.29 is 9.53 Å². The molecule has 0 heterocycles. The van der Waals surface area contributed by atoms with Crippen molar-refractivity contribution in [1.29, 1.82) is 0 Å². The molecule has 15 heavy (non-hydrogen) atoms. The molecule has 3 nitrogen and oxygen atoms in total. The van der Waals surface area contributed by atoms with Gasteiger partial charge in [-0.05, 0) is 60.1 Å². The summed E-state index contributed by atoms with van der Waals surface area (Å²) >= 11 is 2.20. The SMILES string of the molecule is COC(=O)c1c(C)c(N)c(C)c(I)c1C. The van der Waals surface area contributed by atoms with Crippen LogP contribution in [0.3, 0.4) is 0 Å². The summed E-state index contributed by atoms with van der Waals surface area (Å²) in [6.07, 6.45) is 0. The van der Waals surface area contributed by atoms with Crippen molar-refractivity contribution in [2.75, 3.05) is 12.8 Å². The number of methoxy groups -OCH3 is 1. The monoisotopic (exact) mass is 319 g/mol. The lowest BCUT2D eigenvalue weighted by atomic mass is 9.97. The van der Waals surface area contributed by atoms with E-state index in [9.17, 15) is 4.79 Å². The fraction of sp³-hybridized carbons (Fsp3) is 0.364. The summed E-state index contributed by atoms with van der Waals surface area (Å²) in [6.45, 7) is 5.71. The van der Waals surface area contributed by atoms with E-state index in [2.05, 4.69) is 22.6 Å². The van der Waals surface area contributed by atoms with Gasteiger partial charge in [-0.25, -0.2) is 4.79 Å². The summed E-state index contributed by atoms with van der Waals surface area (Å²) in [5.74, 6) is -0.324. The molecule has 2 N–H and O–H groups in total. The first-order valence-corrected chi connectivity index (χ1v) is 5.62. The molecule has 0 aliphatic carbocycles. The van der Waals surface area contributed by atoms with Gasteiger partial charge in [0.1, 0.15) is 0 Å². The van der Waals surface area contributed by atoms with E-state index in [0.717, 1.165) is 20.3 Å². The van der Waals surface area contributed by atoms with Crippen molar-refractivity contribution in [3.05, 3.63) is 25.8 Å². The maximum Gasteiger partial charge on any atom is 0.338 e. The standard InChI is InChI=1S/C11H14INO2/c1-5-8(11(14)15-4)6(2)10(13)7(3)9(5)12/h13H2,1-4H3. The Labute approximate surface area is 103 Å². The maximum atomic E-state index is 11.6. The van der Waals surface area contributed by atoms with E-state index < -0.39 is 0 Å². The summed E-state index contributed by atoms with van der Waals surface area (Å²) in [4.78, 5) is 11.6. The molecule has 0 radical (unpaired) electrons. The molecule has 82 valence electrons. The Kier molecular flexibility index (Phi) is 3.59. The minimum Gasteiger partial charge on any atom is -0.465 e. The topological polar surface area (TPSA) is 52.3 Å². The Morgan fingerprint density at radius 1 is 1.20 bits per heavy atom. The molecule has 1 aromatic carbocycles. The molecule has 4 heteroatoms. The quantitative estimate of drug-likeness (QED) is 0.492. The average molecular weight is 319 g/mol. The molecule has 0 amide bonds. The minimum atomic E-state index is -0.324. The molecule has 1 aromatic rings. The van der Waals surface area contributed by atoms with Crippen LogP contribution in [0.4, 0.5) is 5.69 Å². The number of nitrogen functional groups attached to an aromatic ring is 1. The highest BCUT2D eigenvalue weighted by atomic mass is 127. The second-order valence-corrected chi connectivity index (χ2v) is 4.55. The molecular formula is C11H14INO2. The fourth-order valence-corrected chi connectivity index (χ4v) is 2.17. The molecule has 0 bridgehead atoms. The summed E-state index contributed by atoms with van der Waals surface area (Å²) in [5, 5.41) is 0. The van der Waals surface area contributed by atoms with Crippen LogP contribution in [0.15, 0.2) is 0 Å². The smallest absolute Gasteiger partial charge is 0.338 e. The summed E-state index contributed by atoms with van der Waals surface area (Å²) < 4.78 is 5.77. The first-order valence-electron chi connectivity index (χ1n) is 4.54. The van der Waals surface area contributed by atoms with Crippen molar-refractivity contribution in [1.82, 2.24) is 0 Å². The second-order valence-electron chi connectivity index (χ2n) is 3.47. The lowest BCUT2D eigenvalue weighted by molar-refractivity contribution is 0.0599. The average Bonchev–Trinajstić information content (AvgIpc) is 2.23. The third-order valence-corrected chi connectivity index (χ3v) is 4.22. The van der Waals surface area contributed by atoms with Gasteiger partial charge >= 0.3 is 5.97 Å². The van der Waals surface area contributed by atoms with E-state index in [0.29, 0.717) is 11.3 Å². The number of carbonyl (C=O) groups excluding carboxylic acids is 1. The number of halogens is 1. The number of nitrogens with two attached hydrogens (primary N) is 1. The Bertz CT molecular complexity index is 398. The van der Waals surface area contributed by atoms with Crippen LogP contribution < -0.4 is 5.73 Å². The van der Waals surface area contributed by atoms with E-state index >= 15 is 0 Å². The van der Waals surface area contributed by atoms with E-state index in [1.54, 1.807) is 0 Å². The van der Waals surface area contributed by atoms with Crippen LogP contribution in [0.25, 0.3) is 0 Å². The number of esters is 1. The van der Waals surface area contributed by atoms with Gasteiger partial charge in [-0.2, -0.15) is 0 Å². The van der Waals surface area contributed by atoms with E-state index in [4.69, 9.17) is 10.5 Å². The molecule has 0 saturated heterocycles. The molecule has 0 aromatic heterocycles. The molecule has 0 unspecified atom stereocenters. The second kappa shape index (κ2) is 4.38. The van der Waals surface area contributed by atoms with E-state index in [1.165, 1.54) is 7.11 Å². The number of hydrogen-bond acceptors (Lipinski definition) is 3. The molecule has 0 saturated carbocycles. The lowest BCUT2D eigenvalue weighted by Gasteiger charge is -2.15. The molecule has 0 aliphatic rings. The third-order valence-electron chi connectivity index (χ3n) is 2.61. The number of rotatable bonds is 1. The normalized spacial score (nSPS) is 10.2. The Morgan fingerprint density at radius 2 is 1.73 bits per heavy atom. The Hall–Kier alpha value is -0.780. The highest BCUT2D eigenvalue weighted by Crippen LogP contribution is 2.30. The third kappa shape index (κ3) is 1.95. The van der Waals surface area contributed by atoms with Crippen LogP contribution in [0.1, 0.15) is 27.0 Å². The predicted molar refractivity (Wildman–Crippen MR) is 69.1 cm³/mol. The van der Waals surface area contributed by atoms with Crippen LogP contribution in [-0.2, 0) is 4.74 Å². The van der Waals surface area contributed by atoms with Crippen molar-refractivity contribution in [2.45, 2.75) is 20.8 Å². The van der Waals surface area contributed by atoms with Crippen LogP contribution in [-0.4, -0.2) is 13.1 Å². The molecule has 0 atom stereocenters. The van der Waals surface area contributed by atoms with E-state index in [1.807, 2.05) is 20.8 Å². The van der Waals surface area contributed by atoms with Crippen molar-refractivity contribution in [2.24, 2.45) is 0 Å². The van der Waals surface area contributed by atoms with Gasteiger partial charge in [-0.1, -0.05) is 0 Å². The highest BCUT2D eigenvalue weighted by molar-refractivity contribution is 14.1. The number of carbonyl (C=O) groups is 1. The van der Waals surface area contributed by atoms with Crippen LogP contribution in [0.2, 0.25) is 0 Å².